The minimum Gasteiger partial charge on any atom is -0.345 e. The Kier molecular flexibility index (Phi) is 6.40. The van der Waals surface area contributed by atoms with Crippen LogP contribution >= 0.6 is 0 Å². The van der Waals surface area contributed by atoms with Gasteiger partial charge in [0.2, 0.25) is 0 Å². The van der Waals surface area contributed by atoms with E-state index < -0.39 is 17.4 Å². The Hall–Kier alpha value is -3.04. The van der Waals surface area contributed by atoms with Crippen LogP contribution in [0.15, 0.2) is 72.8 Å². The average Bonchev–Trinajstić information content (AvgIpc) is 2.74. The summed E-state index contributed by atoms with van der Waals surface area (Å²) >= 11 is 0. The SMILES string of the molecule is O=C(c1cccc(-c2cccc(-c3[c-]cccc3)n2)n1)c1[c-]cc(F)cc1F.[Pt+2]. The maximum absolute atomic E-state index is 13.9. The number of ketones is 1. The quantitative estimate of drug-likeness (QED) is 0.261. The molecule has 2 aromatic carbocycles. The van der Waals surface area contributed by atoms with Crippen LogP contribution in [0.25, 0.3) is 22.6 Å². The van der Waals surface area contributed by atoms with Crippen molar-refractivity contribution in [1.82, 2.24) is 9.97 Å². The van der Waals surface area contributed by atoms with E-state index in [2.05, 4.69) is 22.1 Å². The maximum Gasteiger partial charge on any atom is 2.00 e. The van der Waals surface area contributed by atoms with Gasteiger partial charge < -0.3 is 4.79 Å². The smallest absolute Gasteiger partial charge is 0.345 e. The minimum absolute atomic E-state index is 0. The van der Waals surface area contributed by atoms with Crippen molar-refractivity contribution in [3.63, 3.8) is 0 Å². The van der Waals surface area contributed by atoms with Crippen LogP contribution in [0.1, 0.15) is 16.1 Å². The number of aromatic nitrogens is 2. The van der Waals surface area contributed by atoms with Crippen LogP contribution in [0.3, 0.4) is 0 Å². The zero-order chi connectivity index (χ0) is 19.5. The van der Waals surface area contributed by atoms with Gasteiger partial charge in [0.05, 0.1) is 17.1 Å². The molecular weight excluding hydrogens is 553 g/mol. The fourth-order valence-electron chi connectivity index (χ4n) is 2.73. The van der Waals surface area contributed by atoms with E-state index in [1.807, 2.05) is 30.3 Å². The number of pyridine rings is 2. The molecule has 6 heteroatoms. The van der Waals surface area contributed by atoms with E-state index >= 15 is 0 Å². The number of carbonyl (C=O) groups is 1. The monoisotopic (exact) mass is 565 g/mol. The van der Waals surface area contributed by atoms with Crippen LogP contribution in [0, 0.1) is 23.8 Å². The number of rotatable bonds is 4. The number of benzene rings is 2. The molecule has 0 N–H and O–H groups in total. The number of hydrogen-bond donors (Lipinski definition) is 0. The molecule has 0 aliphatic rings. The second-order valence-corrected chi connectivity index (χ2v) is 5.96. The van der Waals surface area contributed by atoms with E-state index in [9.17, 15) is 13.6 Å². The summed E-state index contributed by atoms with van der Waals surface area (Å²) in [5.41, 5.74) is 2.25. The molecule has 0 aliphatic carbocycles. The van der Waals surface area contributed by atoms with Crippen LogP contribution < -0.4 is 0 Å². The maximum atomic E-state index is 13.9. The molecule has 0 saturated heterocycles. The van der Waals surface area contributed by atoms with Crippen molar-refractivity contribution in [2.45, 2.75) is 0 Å². The van der Waals surface area contributed by atoms with Gasteiger partial charge in [0.1, 0.15) is 5.78 Å². The predicted molar refractivity (Wildman–Crippen MR) is 100 cm³/mol. The van der Waals surface area contributed by atoms with Crippen molar-refractivity contribution in [3.8, 4) is 22.6 Å². The summed E-state index contributed by atoms with van der Waals surface area (Å²) < 4.78 is 27.0. The molecular formula is C23H12F2N2OPt. The Labute approximate surface area is 180 Å². The molecule has 0 spiro atoms. The van der Waals surface area contributed by atoms with E-state index in [-0.39, 0.29) is 32.3 Å². The topological polar surface area (TPSA) is 42.9 Å². The van der Waals surface area contributed by atoms with Crippen molar-refractivity contribution in [3.05, 3.63) is 108 Å². The van der Waals surface area contributed by atoms with Gasteiger partial charge in [0, 0.05) is 11.6 Å². The summed E-state index contributed by atoms with van der Waals surface area (Å²) in [6.07, 6.45) is 0. The number of nitrogens with zero attached hydrogens (tertiary/aromatic N) is 2. The van der Waals surface area contributed by atoms with Crippen LogP contribution in [0.2, 0.25) is 0 Å². The van der Waals surface area contributed by atoms with Crippen molar-refractivity contribution in [2.75, 3.05) is 0 Å². The fraction of sp³-hybridized carbons (Fsp3) is 0. The van der Waals surface area contributed by atoms with Crippen molar-refractivity contribution in [1.29, 1.82) is 0 Å². The molecule has 0 unspecified atom stereocenters. The predicted octanol–water partition coefficient (Wildman–Crippen LogP) is 4.92. The van der Waals surface area contributed by atoms with Crippen LogP contribution in [-0.2, 0) is 21.1 Å². The molecule has 0 radical (unpaired) electrons. The van der Waals surface area contributed by atoms with Gasteiger partial charge in [-0.3, -0.25) is 18.7 Å². The van der Waals surface area contributed by atoms with Gasteiger partial charge in [0.25, 0.3) is 0 Å². The minimum atomic E-state index is -0.975. The Balaban J connectivity index is 0.00000240. The molecule has 29 heavy (non-hydrogen) atoms. The molecule has 0 saturated carbocycles. The summed E-state index contributed by atoms with van der Waals surface area (Å²) in [5.74, 6) is -2.45. The first-order chi connectivity index (χ1) is 13.6. The van der Waals surface area contributed by atoms with E-state index in [1.54, 1.807) is 24.3 Å². The van der Waals surface area contributed by atoms with Crippen molar-refractivity contribution in [2.24, 2.45) is 0 Å². The van der Waals surface area contributed by atoms with Crippen LogP contribution in [-0.4, -0.2) is 15.8 Å². The normalized spacial score (nSPS) is 10.3. The fourth-order valence-corrected chi connectivity index (χ4v) is 2.73. The van der Waals surface area contributed by atoms with Crippen LogP contribution in [0.4, 0.5) is 8.78 Å². The third-order valence-corrected chi connectivity index (χ3v) is 4.06. The van der Waals surface area contributed by atoms with E-state index in [0.29, 0.717) is 17.5 Å². The summed E-state index contributed by atoms with van der Waals surface area (Å²) in [6.45, 7) is 0. The third-order valence-electron chi connectivity index (χ3n) is 4.06. The summed E-state index contributed by atoms with van der Waals surface area (Å²) in [5, 5.41) is 0. The second kappa shape index (κ2) is 8.97. The number of hydrogen-bond acceptors (Lipinski definition) is 3. The third kappa shape index (κ3) is 4.52. The Bertz CT molecular complexity index is 1170. The summed E-state index contributed by atoms with van der Waals surface area (Å²) in [6, 6.07) is 24.8. The first-order valence-corrected chi connectivity index (χ1v) is 8.45. The molecule has 4 aromatic rings. The van der Waals surface area contributed by atoms with Crippen molar-refractivity contribution >= 4 is 5.78 Å². The molecule has 2 heterocycles. The molecule has 0 aliphatic heterocycles. The van der Waals surface area contributed by atoms with E-state index in [1.165, 1.54) is 6.07 Å². The van der Waals surface area contributed by atoms with Gasteiger partial charge >= 0.3 is 21.1 Å². The van der Waals surface area contributed by atoms with Gasteiger partial charge in [-0.15, -0.1) is 48.0 Å². The number of halogens is 2. The van der Waals surface area contributed by atoms with Crippen molar-refractivity contribution < 1.29 is 34.6 Å². The largest absolute Gasteiger partial charge is 2.00 e. The molecule has 4 rings (SSSR count). The Morgan fingerprint density at radius 1 is 0.828 bits per heavy atom. The summed E-state index contributed by atoms with van der Waals surface area (Å²) in [4.78, 5) is 21.5. The molecule has 0 amide bonds. The molecule has 2 aromatic heterocycles. The molecule has 0 fully saturated rings. The molecule has 0 atom stereocenters. The first kappa shape index (κ1) is 20.7. The van der Waals surface area contributed by atoms with Gasteiger partial charge in [0.15, 0.2) is 0 Å². The first-order valence-electron chi connectivity index (χ1n) is 8.45. The standard InChI is InChI=1S/C23H12F2N2O.Pt/c24-16-12-13-17(18(25)14-16)23(28)22-11-5-10-21(27-22)20-9-4-8-19(26-20)15-6-2-1-3-7-15;/h1-6,8-12,14H;/q-2;+2. The van der Waals surface area contributed by atoms with E-state index in [0.717, 1.165) is 17.3 Å². The zero-order valence-corrected chi connectivity index (χ0v) is 17.1. The molecule has 0 bridgehead atoms. The van der Waals surface area contributed by atoms with Crippen LogP contribution in [0.5, 0.6) is 0 Å². The zero-order valence-electron chi connectivity index (χ0n) is 14.8. The van der Waals surface area contributed by atoms with Gasteiger partial charge in [-0.1, -0.05) is 29.8 Å². The van der Waals surface area contributed by atoms with Gasteiger partial charge in [-0.05, 0) is 23.9 Å². The average molecular weight is 565 g/mol. The van der Waals surface area contributed by atoms with Gasteiger partial charge in [-0.2, -0.15) is 0 Å². The van der Waals surface area contributed by atoms with E-state index in [4.69, 9.17) is 0 Å². The molecule has 3 nitrogen and oxygen atoms in total. The molecule has 144 valence electrons. The Morgan fingerprint density at radius 2 is 1.55 bits per heavy atom. The number of carbonyl (C=O) groups excluding carboxylic acids is 1. The second-order valence-electron chi connectivity index (χ2n) is 5.96. The summed E-state index contributed by atoms with van der Waals surface area (Å²) in [7, 11) is 0. The Morgan fingerprint density at radius 3 is 2.28 bits per heavy atom. The van der Waals surface area contributed by atoms with Gasteiger partial charge in [-0.25, -0.2) is 0 Å².